The molecule has 4 rings (SSSR count). The number of halogens is 1. The summed E-state index contributed by atoms with van der Waals surface area (Å²) in [5.74, 6) is -0.347. The van der Waals surface area contributed by atoms with Crippen LogP contribution in [0.15, 0.2) is 48.5 Å². The SMILES string of the molecule is CNC(=O)c1ccc(-c2cc(Cl)c3ccc(C(=O)N4CCN(C(=O)O)[C@H](C)C4)cc3n2)cc1. The third-order valence-electron chi connectivity index (χ3n) is 5.84. The molecule has 1 saturated heterocycles. The summed E-state index contributed by atoms with van der Waals surface area (Å²) in [5.41, 5.74) is 3.01. The van der Waals surface area contributed by atoms with Gasteiger partial charge >= 0.3 is 6.09 Å². The van der Waals surface area contributed by atoms with Gasteiger partial charge in [-0.2, -0.15) is 0 Å². The molecule has 170 valence electrons. The van der Waals surface area contributed by atoms with E-state index in [0.717, 1.165) is 10.9 Å². The first kappa shape index (κ1) is 22.5. The lowest BCUT2D eigenvalue weighted by Crippen LogP contribution is -2.55. The maximum Gasteiger partial charge on any atom is 0.407 e. The highest BCUT2D eigenvalue weighted by Gasteiger charge is 2.30. The summed E-state index contributed by atoms with van der Waals surface area (Å²) >= 11 is 6.50. The van der Waals surface area contributed by atoms with E-state index in [1.165, 1.54) is 4.90 Å². The van der Waals surface area contributed by atoms with Gasteiger partial charge in [0.1, 0.15) is 0 Å². The molecule has 3 amide bonds. The molecule has 0 unspecified atom stereocenters. The number of fused-ring (bicyclic) bond motifs is 1. The van der Waals surface area contributed by atoms with Crippen LogP contribution in [0.4, 0.5) is 4.79 Å². The molecule has 9 heteroatoms. The lowest BCUT2D eigenvalue weighted by Gasteiger charge is -2.38. The van der Waals surface area contributed by atoms with Crippen molar-refractivity contribution in [2.45, 2.75) is 13.0 Å². The van der Waals surface area contributed by atoms with Crippen LogP contribution in [0.2, 0.25) is 5.02 Å². The van der Waals surface area contributed by atoms with Crippen molar-refractivity contribution in [2.24, 2.45) is 0 Å². The summed E-state index contributed by atoms with van der Waals surface area (Å²) in [5, 5.41) is 13.1. The smallest absolute Gasteiger partial charge is 0.407 e. The van der Waals surface area contributed by atoms with E-state index < -0.39 is 6.09 Å². The summed E-state index contributed by atoms with van der Waals surface area (Å²) in [4.78, 5) is 43.9. The van der Waals surface area contributed by atoms with Crippen LogP contribution in [-0.2, 0) is 0 Å². The van der Waals surface area contributed by atoms with Crippen LogP contribution in [0.3, 0.4) is 0 Å². The Morgan fingerprint density at radius 1 is 1.06 bits per heavy atom. The summed E-state index contributed by atoms with van der Waals surface area (Å²) < 4.78 is 0. The van der Waals surface area contributed by atoms with Crippen molar-refractivity contribution in [1.29, 1.82) is 0 Å². The zero-order valence-corrected chi connectivity index (χ0v) is 19.0. The summed E-state index contributed by atoms with van der Waals surface area (Å²) in [6.07, 6.45) is -0.977. The second-order valence-corrected chi connectivity index (χ2v) is 8.36. The Hall–Kier alpha value is -3.65. The Labute approximate surface area is 195 Å². The van der Waals surface area contributed by atoms with Gasteiger partial charge in [-0.3, -0.25) is 9.59 Å². The third kappa shape index (κ3) is 4.47. The number of nitrogens with zero attached hydrogens (tertiary/aromatic N) is 3. The van der Waals surface area contributed by atoms with Gasteiger partial charge in [0.2, 0.25) is 0 Å². The van der Waals surface area contributed by atoms with E-state index in [2.05, 4.69) is 5.32 Å². The number of carbonyl (C=O) groups is 3. The van der Waals surface area contributed by atoms with Crippen LogP contribution < -0.4 is 5.32 Å². The van der Waals surface area contributed by atoms with Gasteiger partial charge in [-0.05, 0) is 37.3 Å². The number of benzene rings is 2. The zero-order valence-electron chi connectivity index (χ0n) is 18.2. The van der Waals surface area contributed by atoms with Crippen molar-refractivity contribution in [3.05, 3.63) is 64.7 Å². The molecule has 1 fully saturated rings. The van der Waals surface area contributed by atoms with Gasteiger partial charge < -0.3 is 20.2 Å². The van der Waals surface area contributed by atoms with Crippen molar-refractivity contribution in [2.75, 3.05) is 26.7 Å². The van der Waals surface area contributed by atoms with E-state index in [1.807, 2.05) is 0 Å². The van der Waals surface area contributed by atoms with Crippen LogP contribution in [-0.4, -0.2) is 70.5 Å². The van der Waals surface area contributed by atoms with Gasteiger partial charge in [0.15, 0.2) is 0 Å². The quantitative estimate of drug-likeness (QED) is 0.612. The zero-order chi connectivity index (χ0) is 23.7. The van der Waals surface area contributed by atoms with E-state index in [-0.39, 0.29) is 24.4 Å². The minimum Gasteiger partial charge on any atom is -0.465 e. The van der Waals surface area contributed by atoms with E-state index >= 15 is 0 Å². The lowest BCUT2D eigenvalue weighted by atomic mass is 10.0. The molecule has 33 heavy (non-hydrogen) atoms. The minimum atomic E-state index is -0.977. The number of piperazine rings is 1. The van der Waals surface area contributed by atoms with Crippen LogP contribution in [0.1, 0.15) is 27.6 Å². The highest BCUT2D eigenvalue weighted by molar-refractivity contribution is 6.35. The average Bonchev–Trinajstić information content (AvgIpc) is 2.82. The van der Waals surface area contributed by atoms with Crippen molar-refractivity contribution in [3.8, 4) is 11.3 Å². The van der Waals surface area contributed by atoms with Gasteiger partial charge in [0.25, 0.3) is 11.8 Å². The number of aromatic nitrogens is 1. The third-order valence-corrected chi connectivity index (χ3v) is 6.15. The molecule has 0 aliphatic carbocycles. The molecule has 2 aromatic carbocycles. The topological polar surface area (TPSA) is 103 Å². The molecule has 8 nitrogen and oxygen atoms in total. The molecule has 0 spiro atoms. The molecule has 1 aromatic heterocycles. The van der Waals surface area contributed by atoms with Crippen molar-refractivity contribution >= 4 is 40.4 Å². The average molecular weight is 467 g/mol. The van der Waals surface area contributed by atoms with Gasteiger partial charge in [-0.15, -0.1) is 0 Å². The van der Waals surface area contributed by atoms with Crippen LogP contribution in [0.25, 0.3) is 22.2 Å². The predicted octanol–water partition coefficient (Wildman–Crippen LogP) is 3.74. The number of rotatable bonds is 3. The lowest BCUT2D eigenvalue weighted by molar-refractivity contribution is 0.0507. The number of nitrogens with one attached hydrogen (secondary N) is 1. The van der Waals surface area contributed by atoms with Crippen LogP contribution in [0, 0.1) is 0 Å². The Morgan fingerprint density at radius 3 is 2.39 bits per heavy atom. The molecule has 2 N–H and O–H groups in total. The maximum atomic E-state index is 13.1. The van der Waals surface area contributed by atoms with Gasteiger partial charge in [0.05, 0.1) is 16.2 Å². The standard InChI is InChI=1S/C24H23ClN4O4/c1-14-13-28(9-10-29(14)24(32)33)23(31)17-7-8-18-19(25)12-20(27-21(18)11-17)15-3-5-16(6-4-15)22(30)26-2/h3-8,11-12,14H,9-10,13H2,1-2H3,(H,26,30)(H,32,33)/t14-/m1/s1. The van der Waals surface area contributed by atoms with Crippen molar-refractivity contribution < 1.29 is 19.5 Å². The van der Waals surface area contributed by atoms with Crippen LogP contribution >= 0.6 is 11.6 Å². The molecule has 0 saturated carbocycles. The molecule has 1 atom stereocenters. The number of pyridine rings is 1. The first-order valence-electron chi connectivity index (χ1n) is 10.5. The van der Waals surface area contributed by atoms with Gasteiger partial charge in [-0.25, -0.2) is 9.78 Å². The number of carbonyl (C=O) groups excluding carboxylic acids is 2. The Kier molecular flexibility index (Phi) is 6.20. The van der Waals surface area contributed by atoms with E-state index in [0.29, 0.717) is 40.4 Å². The number of amides is 3. The van der Waals surface area contributed by atoms with E-state index in [4.69, 9.17) is 16.6 Å². The molecular formula is C24H23ClN4O4. The van der Waals surface area contributed by atoms with Gasteiger partial charge in [-0.1, -0.05) is 29.8 Å². The highest BCUT2D eigenvalue weighted by atomic mass is 35.5. The van der Waals surface area contributed by atoms with E-state index in [1.54, 1.807) is 67.4 Å². The monoisotopic (exact) mass is 466 g/mol. The van der Waals surface area contributed by atoms with Gasteiger partial charge in [0, 0.05) is 54.8 Å². The minimum absolute atomic E-state index is 0.173. The predicted molar refractivity (Wildman–Crippen MR) is 126 cm³/mol. The Morgan fingerprint density at radius 2 is 1.76 bits per heavy atom. The Bertz CT molecular complexity index is 1250. The largest absolute Gasteiger partial charge is 0.465 e. The highest BCUT2D eigenvalue weighted by Crippen LogP contribution is 2.29. The molecule has 2 heterocycles. The number of hydrogen-bond acceptors (Lipinski definition) is 4. The number of carboxylic acid groups (broad SMARTS) is 1. The summed E-state index contributed by atoms with van der Waals surface area (Å²) in [6.45, 7) is 2.72. The van der Waals surface area contributed by atoms with Crippen LogP contribution in [0.5, 0.6) is 0 Å². The van der Waals surface area contributed by atoms with Crippen molar-refractivity contribution in [3.63, 3.8) is 0 Å². The molecule has 1 aliphatic rings. The maximum absolute atomic E-state index is 13.1. The molecule has 0 bridgehead atoms. The fraction of sp³-hybridized carbons (Fsp3) is 0.250. The second-order valence-electron chi connectivity index (χ2n) is 7.95. The summed E-state index contributed by atoms with van der Waals surface area (Å²) in [6, 6.07) is 13.7. The molecular weight excluding hydrogens is 444 g/mol. The van der Waals surface area contributed by atoms with Crippen molar-refractivity contribution in [1.82, 2.24) is 20.1 Å². The second kappa shape index (κ2) is 9.07. The normalized spacial score (nSPS) is 16.0. The molecule has 0 radical (unpaired) electrons. The Balaban J connectivity index is 1.62. The first-order valence-corrected chi connectivity index (χ1v) is 10.9. The molecule has 3 aromatic rings. The summed E-state index contributed by atoms with van der Waals surface area (Å²) in [7, 11) is 1.58. The van der Waals surface area contributed by atoms with E-state index in [9.17, 15) is 19.5 Å². The fourth-order valence-corrected chi connectivity index (χ4v) is 4.28. The molecule has 1 aliphatic heterocycles. The fourth-order valence-electron chi connectivity index (χ4n) is 4.01. The first-order chi connectivity index (χ1) is 15.8. The number of hydrogen-bond donors (Lipinski definition) is 2.